The van der Waals surface area contributed by atoms with Gasteiger partial charge in [0, 0.05) is 23.1 Å². The Morgan fingerprint density at radius 3 is 2.41 bits per heavy atom. The highest BCUT2D eigenvalue weighted by Gasteiger charge is 2.21. The average molecular weight is 296 g/mol. The molecule has 96 valence electrons. The molecule has 5 heteroatoms. The van der Waals surface area contributed by atoms with Gasteiger partial charge in [-0.05, 0) is 49.2 Å². The molecule has 1 aromatic carbocycles. The van der Waals surface area contributed by atoms with Crippen molar-refractivity contribution in [1.29, 1.82) is 0 Å². The summed E-state index contributed by atoms with van der Waals surface area (Å²) in [5, 5.41) is 1.41. The van der Waals surface area contributed by atoms with Crippen molar-refractivity contribution in [2.45, 2.75) is 13.0 Å². The van der Waals surface area contributed by atoms with Crippen LogP contribution in [0.25, 0.3) is 0 Å². The molecule has 0 amide bonds. The van der Waals surface area contributed by atoms with E-state index in [1.807, 2.05) is 12.1 Å². The van der Waals surface area contributed by atoms with Gasteiger partial charge >= 0.3 is 0 Å². The Bertz CT molecular complexity index is 351. The van der Waals surface area contributed by atoms with E-state index in [0.717, 1.165) is 26.2 Å². The minimum absolute atomic E-state index is 0. The van der Waals surface area contributed by atoms with Crippen molar-refractivity contribution in [2.24, 2.45) is 11.7 Å². The van der Waals surface area contributed by atoms with E-state index in [9.17, 15) is 0 Å². The van der Waals surface area contributed by atoms with Crippen LogP contribution >= 0.6 is 35.6 Å². The van der Waals surface area contributed by atoms with Gasteiger partial charge in [-0.15, -0.1) is 12.4 Å². The molecule has 17 heavy (non-hydrogen) atoms. The summed E-state index contributed by atoms with van der Waals surface area (Å²) in [6.07, 6.45) is 1.20. The fourth-order valence-electron chi connectivity index (χ4n) is 2.21. The Balaban J connectivity index is 0.00000144. The smallest absolute Gasteiger partial charge is 0.0424 e. The number of rotatable bonds is 3. The summed E-state index contributed by atoms with van der Waals surface area (Å²) in [5.74, 6) is 0.648. The molecule has 1 heterocycles. The first-order chi connectivity index (χ1) is 7.67. The van der Waals surface area contributed by atoms with Gasteiger partial charge in [0.1, 0.15) is 0 Å². The lowest BCUT2D eigenvalue weighted by molar-refractivity contribution is 0.318. The van der Waals surface area contributed by atoms with Gasteiger partial charge in [0.25, 0.3) is 0 Å². The molecular formula is C12H17Cl3N2. The normalized spacial score (nSPS) is 20.3. The van der Waals surface area contributed by atoms with Crippen molar-refractivity contribution in [3.05, 3.63) is 33.8 Å². The van der Waals surface area contributed by atoms with Crippen LogP contribution in [-0.2, 0) is 6.54 Å². The van der Waals surface area contributed by atoms with Gasteiger partial charge in [-0.1, -0.05) is 23.2 Å². The van der Waals surface area contributed by atoms with Crippen LogP contribution in [0.1, 0.15) is 12.0 Å². The second-order valence-electron chi connectivity index (χ2n) is 4.40. The van der Waals surface area contributed by atoms with E-state index in [-0.39, 0.29) is 12.4 Å². The predicted octanol–water partition coefficient (Wildman–Crippen LogP) is 3.20. The summed E-state index contributed by atoms with van der Waals surface area (Å²) in [7, 11) is 0. The molecule has 1 aliphatic rings. The molecular weight excluding hydrogens is 279 g/mol. The van der Waals surface area contributed by atoms with Crippen LogP contribution in [-0.4, -0.2) is 24.5 Å². The summed E-state index contributed by atoms with van der Waals surface area (Å²) in [6.45, 7) is 3.90. The largest absolute Gasteiger partial charge is 0.330 e. The highest BCUT2D eigenvalue weighted by atomic mass is 35.5. The van der Waals surface area contributed by atoms with Gasteiger partial charge in [0.05, 0.1) is 0 Å². The lowest BCUT2D eigenvalue weighted by atomic mass is 10.1. The van der Waals surface area contributed by atoms with E-state index < -0.39 is 0 Å². The fourth-order valence-corrected chi connectivity index (χ4v) is 2.78. The van der Waals surface area contributed by atoms with Gasteiger partial charge in [-0.2, -0.15) is 0 Å². The van der Waals surface area contributed by atoms with E-state index in [2.05, 4.69) is 4.90 Å². The van der Waals surface area contributed by atoms with Crippen molar-refractivity contribution in [3.63, 3.8) is 0 Å². The standard InChI is InChI=1S/C12H16Cl2N2.ClH/c13-11-3-10(4-12(14)5-11)8-16-2-1-9(6-15)7-16;/h3-5,9H,1-2,6-8,15H2;1H. The third kappa shape index (κ3) is 4.31. The summed E-state index contributed by atoms with van der Waals surface area (Å²) in [4.78, 5) is 2.40. The third-order valence-corrected chi connectivity index (χ3v) is 3.47. The molecule has 1 unspecified atom stereocenters. The number of hydrogen-bond acceptors (Lipinski definition) is 2. The number of nitrogens with zero attached hydrogens (tertiary/aromatic N) is 1. The zero-order chi connectivity index (χ0) is 11.5. The van der Waals surface area contributed by atoms with Crippen molar-refractivity contribution in [2.75, 3.05) is 19.6 Å². The van der Waals surface area contributed by atoms with Crippen LogP contribution in [0.15, 0.2) is 18.2 Å². The van der Waals surface area contributed by atoms with Gasteiger partial charge in [0.2, 0.25) is 0 Å². The van der Waals surface area contributed by atoms with Crippen molar-refractivity contribution in [1.82, 2.24) is 4.90 Å². The molecule has 0 radical (unpaired) electrons. The molecule has 2 N–H and O–H groups in total. The Morgan fingerprint density at radius 2 is 1.88 bits per heavy atom. The summed E-state index contributed by atoms with van der Waals surface area (Å²) in [6, 6.07) is 5.71. The maximum atomic E-state index is 5.97. The highest BCUT2D eigenvalue weighted by Crippen LogP contribution is 2.22. The summed E-state index contributed by atoms with van der Waals surface area (Å²) in [5.41, 5.74) is 6.84. The van der Waals surface area contributed by atoms with Crippen LogP contribution in [0, 0.1) is 5.92 Å². The second-order valence-corrected chi connectivity index (χ2v) is 5.28. The number of hydrogen-bond donors (Lipinski definition) is 1. The topological polar surface area (TPSA) is 29.3 Å². The zero-order valence-corrected chi connectivity index (χ0v) is 11.9. The first kappa shape index (κ1) is 15.1. The zero-order valence-electron chi connectivity index (χ0n) is 9.53. The van der Waals surface area contributed by atoms with Gasteiger partial charge in [0.15, 0.2) is 0 Å². The van der Waals surface area contributed by atoms with Gasteiger partial charge in [-0.25, -0.2) is 0 Å². The molecule has 1 aromatic rings. The monoisotopic (exact) mass is 294 g/mol. The lowest BCUT2D eigenvalue weighted by Crippen LogP contribution is -2.22. The minimum atomic E-state index is 0. The lowest BCUT2D eigenvalue weighted by Gasteiger charge is -2.16. The SMILES string of the molecule is Cl.NCC1CCN(Cc2cc(Cl)cc(Cl)c2)C1. The van der Waals surface area contributed by atoms with Gasteiger partial charge in [-0.3, -0.25) is 4.90 Å². The Kier molecular flexibility index (Phi) is 6.04. The van der Waals surface area contributed by atoms with Gasteiger partial charge < -0.3 is 5.73 Å². The Hall–Kier alpha value is 0.01000. The van der Waals surface area contributed by atoms with Crippen LogP contribution in [0.2, 0.25) is 10.0 Å². The molecule has 2 nitrogen and oxygen atoms in total. The van der Waals surface area contributed by atoms with Crippen LogP contribution < -0.4 is 5.73 Å². The van der Waals surface area contributed by atoms with Crippen LogP contribution in [0.5, 0.6) is 0 Å². The van der Waals surface area contributed by atoms with Crippen LogP contribution in [0.3, 0.4) is 0 Å². The third-order valence-electron chi connectivity index (χ3n) is 3.03. The number of halogens is 3. The molecule has 1 atom stereocenters. The highest BCUT2D eigenvalue weighted by molar-refractivity contribution is 6.34. The Morgan fingerprint density at radius 1 is 1.24 bits per heavy atom. The first-order valence-electron chi connectivity index (χ1n) is 5.55. The molecule has 0 saturated carbocycles. The number of likely N-dealkylation sites (tertiary alicyclic amines) is 1. The van der Waals surface area contributed by atoms with E-state index in [4.69, 9.17) is 28.9 Å². The average Bonchev–Trinajstić information content (AvgIpc) is 2.64. The molecule has 1 fully saturated rings. The summed E-state index contributed by atoms with van der Waals surface area (Å²) >= 11 is 11.9. The van der Waals surface area contributed by atoms with E-state index >= 15 is 0 Å². The fraction of sp³-hybridized carbons (Fsp3) is 0.500. The minimum Gasteiger partial charge on any atom is -0.330 e. The number of benzene rings is 1. The van der Waals surface area contributed by atoms with E-state index in [1.165, 1.54) is 12.0 Å². The quantitative estimate of drug-likeness (QED) is 0.928. The summed E-state index contributed by atoms with van der Waals surface area (Å²) < 4.78 is 0. The maximum absolute atomic E-state index is 5.97. The van der Waals surface area contributed by atoms with Crippen LogP contribution in [0.4, 0.5) is 0 Å². The molecule has 0 bridgehead atoms. The Labute approximate surface area is 118 Å². The van der Waals surface area contributed by atoms with Crippen molar-refractivity contribution < 1.29 is 0 Å². The molecule has 2 rings (SSSR count). The number of nitrogens with two attached hydrogens (primary N) is 1. The first-order valence-corrected chi connectivity index (χ1v) is 6.30. The molecule has 0 spiro atoms. The molecule has 1 aliphatic heterocycles. The maximum Gasteiger partial charge on any atom is 0.0424 e. The molecule has 1 saturated heterocycles. The molecule has 0 aliphatic carbocycles. The van der Waals surface area contributed by atoms with Crippen molar-refractivity contribution >= 4 is 35.6 Å². The molecule has 0 aromatic heterocycles. The van der Waals surface area contributed by atoms with Crippen molar-refractivity contribution in [3.8, 4) is 0 Å². The van der Waals surface area contributed by atoms with E-state index in [0.29, 0.717) is 16.0 Å². The van der Waals surface area contributed by atoms with E-state index in [1.54, 1.807) is 6.07 Å². The second kappa shape index (κ2) is 6.81. The predicted molar refractivity (Wildman–Crippen MR) is 76.1 cm³/mol.